The van der Waals surface area contributed by atoms with E-state index in [2.05, 4.69) is 39.7 Å². The quantitative estimate of drug-likeness (QED) is 0.200. The van der Waals surface area contributed by atoms with E-state index in [1.165, 1.54) is 11.3 Å². The van der Waals surface area contributed by atoms with E-state index < -0.39 is 0 Å². The van der Waals surface area contributed by atoms with Gasteiger partial charge in [-0.25, -0.2) is 0 Å². The van der Waals surface area contributed by atoms with E-state index in [1.54, 1.807) is 7.05 Å². The lowest BCUT2D eigenvalue weighted by molar-refractivity contribution is 0.00752. The topological polar surface area (TPSA) is 78.0 Å². The monoisotopic (exact) mass is 523 g/mol. The zero-order valence-electron chi connectivity index (χ0n) is 17.1. The van der Waals surface area contributed by atoms with Gasteiger partial charge in [-0.05, 0) is 23.8 Å². The highest BCUT2D eigenvalue weighted by atomic mass is 127. The van der Waals surface area contributed by atoms with Gasteiger partial charge >= 0.3 is 0 Å². The SMILES string of the molecule is CN=C(NCCCNC(=O)c1cccs1)NCC(C(C)C)N1CCOCC1.I. The molecule has 0 aliphatic carbocycles. The lowest BCUT2D eigenvalue weighted by Gasteiger charge is -2.37. The maximum atomic E-state index is 11.9. The largest absolute Gasteiger partial charge is 0.379 e. The molecule has 1 amide bonds. The number of halogens is 1. The zero-order valence-corrected chi connectivity index (χ0v) is 20.2. The van der Waals surface area contributed by atoms with Crippen LogP contribution < -0.4 is 16.0 Å². The van der Waals surface area contributed by atoms with E-state index in [1.807, 2.05) is 17.5 Å². The third-order valence-electron chi connectivity index (χ3n) is 4.66. The van der Waals surface area contributed by atoms with Crippen LogP contribution in [-0.4, -0.2) is 75.8 Å². The van der Waals surface area contributed by atoms with Crippen LogP contribution in [0.3, 0.4) is 0 Å². The van der Waals surface area contributed by atoms with Crippen LogP contribution in [0.4, 0.5) is 0 Å². The molecule has 1 fully saturated rings. The van der Waals surface area contributed by atoms with Crippen molar-refractivity contribution in [2.75, 3.05) is 53.0 Å². The summed E-state index contributed by atoms with van der Waals surface area (Å²) in [5, 5.41) is 11.6. The molecule has 1 aromatic heterocycles. The van der Waals surface area contributed by atoms with E-state index in [9.17, 15) is 4.79 Å². The Balaban J connectivity index is 0.00000392. The fourth-order valence-corrected chi connectivity index (χ4v) is 3.75. The lowest BCUT2D eigenvalue weighted by atomic mass is 10.0. The van der Waals surface area contributed by atoms with Crippen molar-refractivity contribution >= 4 is 47.2 Å². The minimum atomic E-state index is -0.00204. The Morgan fingerprint density at radius 3 is 2.57 bits per heavy atom. The van der Waals surface area contributed by atoms with Gasteiger partial charge < -0.3 is 20.7 Å². The van der Waals surface area contributed by atoms with Crippen LogP contribution in [0.25, 0.3) is 0 Å². The summed E-state index contributed by atoms with van der Waals surface area (Å²) in [5.41, 5.74) is 0. The smallest absolute Gasteiger partial charge is 0.261 e. The summed E-state index contributed by atoms with van der Waals surface area (Å²) in [4.78, 5) is 19.4. The molecular weight excluding hydrogens is 489 g/mol. The molecule has 2 rings (SSSR count). The number of ether oxygens (including phenoxy) is 1. The molecule has 7 nitrogen and oxygen atoms in total. The summed E-state index contributed by atoms with van der Waals surface area (Å²) in [6, 6.07) is 4.18. The average Bonchev–Trinajstić information content (AvgIpc) is 3.21. The molecule has 9 heteroatoms. The zero-order chi connectivity index (χ0) is 19.5. The van der Waals surface area contributed by atoms with Gasteiger partial charge in [-0.1, -0.05) is 19.9 Å². The maximum absolute atomic E-state index is 11.9. The molecule has 160 valence electrons. The van der Waals surface area contributed by atoms with Crippen LogP contribution in [0, 0.1) is 5.92 Å². The first-order valence-corrected chi connectivity index (χ1v) is 10.6. The molecule has 0 saturated carbocycles. The van der Waals surface area contributed by atoms with Crippen LogP contribution in [0.15, 0.2) is 22.5 Å². The van der Waals surface area contributed by atoms with Crippen molar-refractivity contribution in [2.45, 2.75) is 26.3 Å². The van der Waals surface area contributed by atoms with E-state index in [0.717, 1.165) is 56.7 Å². The number of hydrogen-bond donors (Lipinski definition) is 3. The number of thiophene rings is 1. The summed E-state index contributed by atoms with van der Waals surface area (Å²) in [6.07, 6.45) is 0.842. The van der Waals surface area contributed by atoms with Crippen LogP contribution in [0.5, 0.6) is 0 Å². The summed E-state index contributed by atoms with van der Waals surface area (Å²) in [5.74, 6) is 1.36. The molecule has 28 heavy (non-hydrogen) atoms. The molecule has 2 heterocycles. The van der Waals surface area contributed by atoms with Gasteiger partial charge in [0.25, 0.3) is 5.91 Å². The van der Waals surface area contributed by atoms with Crippen molar-refractivity contribution in [3.8, 4) is 0 Å². The fourth-order valence-electron chi connectivity index (χ4n) is 3.11. The van der Waals surface area contributed by atoms with Crippen LogP contribution in [-0.2, 0) is 4.74 Å². The lowest BCUT2D eigenvalue weighted by Crippen LogP contribution is -2.52. The van der Waals surface area contributed by atoms with Gasteiger partial charge in [0.05, 0.1) is 18.1 Å². The van der Waals surface area contributed by atoms with Crippen LogP contribution >= 0.6 is 35.3 Å². The van der Waals surface area contributed by atoms with E-state index in [0.29, 0.717) is 18.5 Å². The number of nitrogens with one attached hydrogen (secondary N) is 3. The number of aliphatic imine (C=N–C) groups is 1. The van der Waals surface area contributed by atoms with Crippen molar-refractivity contribution in [3.05, 3.63) is 22.4 Å². The first kappa shape index (κ1) is 25.1. The molecule has 1 aliphatic heterocycles. The van der Waals surface area contributed by atoms with Gasteiger partial charge in [0, 0.05) is 45.8 Å². The van der Waals surface area contributed by atoms with E-state index >= 15 is 0 Å². The molecule has 1 unspecified atom stereocenters. The fraction of sp³-hybridized carbons (Fsp3) is 0.684. The van der Waals surface area contributed by atoms with E-state index in [-0.39, 0.29) is 29.9 Å². The number of rotatable bonds is 9. The molecule has 0 aromatic carbocycles. The average molecular weight is 523 g/mol. The molecule has 0 bridgehead atoms. The minimum absolute atomic E-state index is 0. The Labute approximate surface area is 189 Å². The minimum Gasteiger partial charge on any atom is -0.379 e. The van der Waals surface area contributed by atoms with Gasteiger partial charge in [-0.2, -0.15) is 0 Å². The third-order valence-corrected chi connectivity index (χ3v) is 5.53. The second-order valence-electron chi connectivity index (χ2n) is 6.93. The van der Waals surface area contributed by atoms with Crippen molar-refractivity contribution in [1.29, 1.82) is 0 Å². The number of carbonyl (C=O) groups excluding carboxylic acids is 1. The number of hydrogen-bond acceptors (Lipinski definition) is 5. The predicted molar refractivity (Wildman–Crippen MR) is 127 cm³/mol. The highest BCUT2D eigenvalue weighted by Gasteiger charge is 2.23. The first-order valence-electron chi connectivity index (χ1n) is 9.70. The van der Waals surface area contributed by atoms with E-state index in [4.69, 9.17) is 4.74 Å². The molecule has 1 saturated heterocycles. The summed E-state index contributed by atoms with van der Waals surface area (Å²) in [6.45, 7) is 10.4. The number of morpholine rings is 1. The summed E-state index contributed by atoms with van der Waals surface area (Å²) in [7, 11) is 1.78. The molecule has 0 spiro atoms. The van der Waals surface area contributed by atoms with Gasteiger partial charge in [0.1, 0.15) is 0 Å². The molecule has 1 aliphatic rings. The van der Waals surface area contributed by atoms with Crippen molar-refractivity contribution < 1.29 is 9.53 Å². The summed E-state index contributed by atoms with van der Waals surface area (Å²) >= 11 is 1.46. The Kier molecular flexibility index (Phi) is 12.7. The number of nitrogens with zero attached hydrogens (tertiary/aromatic N) is 2. The van der Waals surface area contributed by atoms with Crippen molar-refractivity contribution in [2.24, 2.45) is 10.9 Å². The molecule has 1 atom stereocenters. The Morgan fingerprint density at radius 1 is 1.25 bits per heavy atom. The van der Waals surface area contributed by atoms with Crippen LogP contribution in [0.2, 0.25) is 0 Å². The highest BCUT2D eigenvalue weighted by molar-refractivity contribution is 14.0. The van der Waals surface area contributed by atoms with Crippen molar-refractivity contribution in [1.82, 2.24) is 20.9 Å². The normalized spacial score (nSPS) is 16.4. The molecular formula is C19H34IN5O2S. The molecule has 0 radical (unpaired) electrons. The van der Waals surface area contributed by atoms with Gasteiger partial charge in [0.15, 0.2) is 5.96 Å². The van der Waals surface area contributed by atoms with Gasteiger partial charge in [-0.3, -0.25) is 14.7 Å². The number of carbonyl (C=O) groups is 1. The number of guanidine groups is 1. The Morgan fingerprint density at radius 2 is 1.96 bits per heavy atom. The number of amides is 1. The van der Waals surface area contributed by atoms with Gasteiger partial charge in [-0.15, -0.1) is 35.3 Å². The maximum Gasteiger partial charge on any atom is 0.261 e. The highest BCUT2D eigenvalue weighted by Crippen LogP contribution is 2.12. The summed E-state index contributed by atoms with van der Waals surface area (Å²) < 4.78 is 5.47. The standard InChI is InChI=1S/C19H33N5O2S.HI/c1-15(2)16(24-9-11-26-12-10-24)14-23-19(20-3)22-8-5-7-21-18(25)17-6-4-13-27-17;/h4,6,13,15-16H,5,7-12,14H2,1-3H3,(H,21,25)(H2,20,22,23);1H. The first-order chi connectivity index (χ1) is 13.1. The molecule has 1 aromatic rings. The second kappa shape index (κ2) is 14.1. The Hall–Kier alpha value is -0.910. The predicted octanol–water partition coefficient (Wildman–Crippen LogP) is 2.01. The van der Waals surface area contributed by atoms with Crippen LogP contribution in [0.1, 0.15) is 29.9 Å². The second-order valence-corrected chi connectivity index (χ2v) is 7.87. The van der Waals surface area contributed by atoms with Crippen molar-refractivity contribution in [3.63, 3.8) is 0 Å². The van der Waals surface area contributed by atoms with Gasteiger partial charge in [0.2, 0.25) is 0 Å². The molecule has 3 N–H and O–H groups in total. The Bertz CT molecular complexity index is 577. The third kappa shape index (κ3) is 8.62.